The number of methoxy groups -OCH3 is 2. The van der Waals surface area contributed by atoms with Gasteiger partial charge in [-0.15, -0.1) is 0 Å². The fourth-order valence-electron chi connectivity index (χ4n) is 3.71. The second kappa shape index (κ2) is 8.54. The summed E-state index contributed by atoms with van der Waals surface area (Å²) in [5, 5.41) is 6.56. The van der Waals surface area contributed by atoms with Crippen LogP contribution in [0.5, 0.6) is 11.5 Å². The first kappa shape index (κ1) is 18.0. The Hall–Kier alpha value is -1.79. The van der Waals surface area contributed by atoms with E-state index in [-0.39, 0.29) is 17.9 Å². The van der Waals surface area contributed by atoms with Crippen LogP contribution in [-0.4, -0.2) is 57.2 Å². The van der Waals surface area contributed by atoms with E-state index in [9.17, 15) is 4.79 Å². The van der Waals surface area contributed by atoms with Crippen molar-refractivity contribution in [2.75, 3.05) is 40.4 Å². The zero-order valence-corrected chi connectivity index (χ0v) is 15.2. The fraction of sp³-hybridized carbons (Fsp3) is 0.632. The van der Waals surface area contributed by atoms with Crippen LogP contribution in [0.2, 0.25) is 0 Å². The highest BCUT2D eigenvalue weighted by molar-refractivity contribution is 5.79. The summed E-state index contributed by atoms with van der Waals surface area (Å²) in [6.45, 7) is 4.64. The highest BCUT2D eigenvalue weighted by Crippen LogP contribution is 2.24. The van der Waals surface area contributed by atoms with E-state index in [4.69, 9.17) is 9.47 Å². The van der Waals surface area contributed by atoms with E-state index in [2.05, 4.69) is 15.5 Å². The van der Waals surface area contributed by atoms with Crippen LogP contribution < -0.4 is 20.1 Å². The number of carbonyl (C=O) groups is 1. The molecule has 0 bridgehead atoms. The topological polar surface area (TPSA) is 62.8 Å². The molecule has 6 heteroatoms. The van der Waals surface area contributed by atoms with Crippen LogP contribution in [-0.2, 0) is 11.3 Å². The summed E-state index contributed by atoms with van der Waals surface area (Å²) in [4.78, 5) is 14.8. The molecule has 2 aliphatic rings. The third kappa shape index (κ3) is 4.86. The van der Waals surface area contributed by atoms with Crippen molar-refractivity contribution in [1.29, 1.82) is 0 Å². The van der Waals surface area contributed by atoms with Crippen LogP contribution in [0.25, 0.3) is 0 Å². The lowest BCUT2D eigenvalue weighted by atomic mass is 9.97. The van der Waals surface area contributed by atoms with Gasteiger partial charge in [-0.25, -0.2) is 0 Å². The molecule has 3 rings (SSSR count). The van der Waals surface area contributed by atoms with E-state index in [1.165, 1.54) is 5.56 Å². The lowest BCUT2D eigenvalue weighted by molar-refractivity contribution is -0.126. The largest absolute Gasteiger partial charge is 0.497 e. The minimum absolute atomic E-state index is 0.179. The van der Waals surface area contributed by atoms with Gasteiger partial charge in [0.1, 0.15) is 11.5 Å². The Morgan fingerprint density at radius 3 is 2.48 bits per heavy atom. The third-order valence-corrected chi connectivity index (χ3v) is 5.15. The summed E-state index contributed by atoms with van der Waals surface area (Å²) in [6.07, 6.45) is 2.91. The molecule has 138 valence electrons. The number of ether oxygens (including phenoxy) is 2. The van der Waals surface area contributed by atoms with E-state index >= 15 is 0 Å². The molecular formula is C19H29N3O3. The molecule has 0 radical (unpaired) electrons. The van der Waals surface area contributed by atoms with E-state index in [1.807, 2.05) is 18.2 Å². The lowest BCUT2D eigenvalue weighted by Gasteiger charge is -2.24. The molecule has 0 aliphatic carbocycles. The van der Waals surface area contributed by atoms with Crippen molar-refractivity contribution in [3.63, 3.8) is 0 Å². The average Bonchev–Trinajstić information content (AvgIpc) is 3.08. The normalized spacial score (nSPS) is 21.9. The van der Waals surface area contributed by atoms with Crippen molar-refractivity contribution < 1.29 is 14.3 Å². The van der Waals surface area contributed by atoms with Crippen molar-refractivity contribution in [2.24, 2.45) is 5.92 Å². The second-order valence-electron chi connectivity index (χ2n) is 6.97. The Kier molecular flexibility index (Phi) is 6.15. The molecule has 0 saturated carbocycles. The van der Waals surface area contributed by atoms with Gasteiger partial charge < -0.3 is 20.1 Å². The summed E-state index contributed by atoms with van der Waals surface area (Å²) in [6, 6.07) is 6.23. The van der Waals surface area contributed by atoms with Gasteiger partial charge >= 0.3 is 0 Å². The number of carbonyl (C=O) groups excluding carboxylic acids is 1. The van der Waals surface area contributed by atoms with Crippen molar-refractivity contribution in [2.45, 2.75) is 31.8 Å². The molecule has 0 spiro atoms. The Morgan fingerprint density at radius 1 is 1.16 bits per heavy atom. The average molecular weight is 347 g/mol. The number of rotatable bonds is 6. The maximum atomic E-state index is 12.4. The summed E-state index contributed by atoms with van der Waals surface area (Å²) >= 11 is 0. The second-order valence-corrected chi connectivity index (χ2v) is 6.97. The molecule has 2 N–H and O–H groups in total. The fourth-order valence-corrected chi connectivity index (χ4v) is 3.71. The van der Waals surface area contributed by atoms with Gasteiger partial charge in [-0.3, -0.25) is 9.69 Å². The molecule has 6 nitrogen and oxygen atoms in total. The predicted octanol–water partition coefficient (Wildman–Crippen LogP) is 1.39. The molecule has 0 aromatic heterocycles. The molecule has 1 aromatic rings. The van der Waals surface area contributed by atoms with Crippen LogP contribution in [0.15, 0.2) is 18.2 Å². The van der Waals surface area contributed by atoms with Crippen LogP contribution in [0.1, 0.15) is 24.8 Å². The number of nitrogens with zero attached hydrogens (tertiary/aromatic N) is 1. The van der Waals surface area contributed by atoms with Crippen LogP contribution in [0.4, 0.5) is 0 Å². The number of amides is 1. The van der Waals surface area contributed by atoms with Crippen molar-refractivity contribution in [3.8, 4) is 11.5 Å². The maximum Gasteiger partial charge on any atom is 0.223 e. The first-order valence-corrected chi connectivity index (χ1v) is 9.13. The Balaban J connectivity index is 1.52. The van der Waals surface area contributed by atoms with E-state index < -0.39 is 0 Å². The smallest absolute Gasteiger partial charge is 0.223 e. The van der Waals surface area contributed by atoms with Crippen LogP contribution in [0, 0.1) is 5.92 Å². The molecule has 2 aliphatic heterocycles. The quantitative estimate of drug-likeness (QED) is 0.814. The van der Waals surface area contributed by atoms with Crippen molar-refractivity contribution in [3.05, 3.63) is 23.8 Å². The van der Waals surface area contributed by atoms with Crippen molar-refractivity contribution in [1.82, 2.24) is 15.5 Å². The summed E-state index contributed by atoms with van der Waals surface area (Å²) in [7, 11) is 3.33. The first-order valence-electron chi connectivity index (χ1n) is 9.13. The van der Waals surface area contributed by atoms with E-state index in [0.717, 1.165) is 63.5 Å². The Bertz CT molecular complexity index is 565. The number of hydrogen-bond donors (Lipinski definition) is 2. The molecule has 1 amide bonds. The third-order valence-electron chi connectivity index (χ3n) is 5.15. The molecule has 2 fully saturated rings. The Labute approximate surface area is 149 Å². The Morgan fingerprint density at radius 2 is 1.84 bits per heavy atom. The molecule has 2 heterocycles. The lowest BCUT2D eigenvalue weighted by Crippen LogP contribution is -2.43. The minimum Gasteiger partial charge on any atom is -0.497 e. The minimum atomic E-state index is 0.179. The van der Waals surface area contributed by atoms with Gasteiger partial charge in [0.15, 0.2) is 0 Å². The summed E-state index contributed by atoms with van der Waals surface area (Å²) in [5.74, 6) is 2.03. The van der Waals surface area contributed by atoms with Crippen molar-refractivity contribution >= 4 is 5.91 Å². The number of nitrogens with one attached hydrogen (secondary N) is 2. The zero-order chi connectivity index (χ0) is 17.6. The van der Waals surface area contributed by atoms with Gasteiger partial charge in [0.25, 0.3) is 0 Å². The van der Waals surface area contributed by atoms with Gasteiger partial charge in [0.05, 0.1) is 14.2 Å². The van der Waals surface area contributed by atoms with Crippen LogP contribution in [0.3, 0.4) is 0 Å². The van der Waals surface area contributed by atoms with Gasteiger partial charge in [-0.1, -0.05) is 0 Å². The van der Waals surface area contributed by atoms with Gasteiger partial charge in [0.2, 0.25) is 5.91 Å². The van der Waals surface area contributed by atoms with Crippen LogP contribution >= 0.6 is 0 Å². The first-order chi connectivity index (χ1) is 12.2. The zero-order valence-electron chi connectivity index (χ0n) is 15.2. The standard InChI is InChI=1S/C19H29N3O3/c1-24-17-9-14(10-18(11-17)25-2)12-22-8-5-16(13-22)21-19(23)15-3-6-20-7-4-15/h9-11,15-16,20H,3-8,12-13H2,1-2H3,(H,21,23). The highest BCUT2D eigenvalue weighted by Gasteiger charge is 2.27. The van der Waals surface area contributed by atoms with E-state index in [0.29, 0.717) is 0 Å². The molecule has 1 unspecified atom stereocenters. The molecule has 25 heavy (non-hydrogen) atoms. The SMILES string of the molecule is COc1cc(CN2CCC(NC(=O)C3CCNCC3)C2)cc(OC)c1. The molecule has 2 saturated heterocycles. The number of hydrogen-bond acceptors (Lipinski definition) is 5. The van der Waals surface area contributed by atoms with E-state index in [1.54, 1.807) is 14.2 Å². The molecule has 1 atom stereocenters. The molecular weight excluding hydrogens is 318 g/mol. The predicted molar refractivity (Wildman–Crippen MR) is 97.0 cm³/mol. The summed E-state index contributed by atoms with van der Waals surface area (Å²) in [5.41, 5.74) is 1.17. The van der Waals surface area contributed by atoms with Gasteiger partial charge in [-0.2, -0.15) is 0 Å². The molecule has 1 aromatic carbocycles. The summed E-state index contributed by atoms with van der Waals surface area (Å²) < 4.78 is 10.7. The number of benzene rings is 1. The number of piperidine rings is 1. The maximum absolute atomic E-state index is 12.4. The highest BCUT2D eigenvalue weighted by atomic mass is 16.5. The van der Waals surface area contributed by atoms with Gasteiger partial charge in [0, 0.05) is 37.7 Å². The monoisotopic (exact) mass is 347 g/mol. The number of likely N-dealkylation sites (tertiary alicyclic amines) is 1. The van der Waals surface area contributed by atoms with Gasteiger partial charge in [-0.05, 0) is 50.0 Å².